The molecule has 0 bridgehead atoms. The van der Waals surface area contributed by atoms with Crippen molar-refractivity contribution in [2.24, 2.45) is 5.11 Å². The highest BCUT2D eigenvalue weighted by atomic mass is 16.4. The summed E-state index contributed by atoms with van der Waals surface area (Å²) in [5.74, 6) is -4.49. The fourth-order valence-electron chi connectivity index (χ4n) is 3.70. The number of nitrogens with zero attached hydrogens (tertiary/aromatic N) is 4. The monoisotopic (exact) mass is 503 g/mol. The number of aryl methyl sites for hydroxylation is 1. The highest BCUT2D eigenvalue weighted by molar-refractivity contribution is 5.86. The number of carbonyl (C=O) groups excluding carboxylic acids is 1. The third kappa shape index (κ3) is 7.82. The second-order valence-electron chi connectivity index (χ2n) is 7.93. The molecule has 0 unspecified atom stereocenters. The summed E-state index contributed by atoms with van der Waals surface area (Å²) >= 11 is 0. The van der Waals surface area contributed by atoms with Gasteiger partial charge in [0.1, 0.15) is 11.6 Å². The van der Waals surface area contributed by atoms with Gasteiger partial charge in [-0.2, -0.15) is 0 Å². The molecule has 36 heavy (non-hydrogen) atoms. The Morgan fingerprint density at radius 3 is 2.39 bits per heavy atom. The standard InChI is InChI=1S/C22H25N5O9/c1-12-14-6-5-13(25-26-23)8-17(14)36-22(35)15(12)9-18(28)24-7-3-2-4-16(21(33)34)27(10-19(29)30)11-20(31)32/h5-6,8,16H,2-4,7,9-11H2,1H3,(H,24,28)(H,29,30)(H,31,32)(H,33,34)/t16-/m0/s1. The highest BCUT2D eigenvalue weighted by Crippen LogP contribution is 2.24. The number of nitrogens with one attached hydrogen (secondary N) is 1. The number of carboxylic acid groups (broad SMARTS) is 3. The molecule has 0 saturated heterocycles. The number of amides is 1. The molecule has 2 rings (SSSR count). The molecule has 1 heterocycles. The van der Waals surface area contributed by atoms with E-state index in [1.165, 1.54) is 6.07 Å². The van der Waals surface area contributed by atoms with E-state index < -0.39 is 48.6 Å². The Bertz CT molecular complexity index is 1250. The molecule has 0 aliphatic heterocycles. The SMILES string of the molecule is Cc1c(CC(=O)NCCCC[C@@H](C(=O)O)N(CC(=O)O)CC(=O)O)c(=O)oc2cc(N=[N+]=[N-])ccc12. The summed E-state index contributed by atoms with van der Waals surface area (Å²) in [4.78, 5) is 61.7. The molecule has 14 nitrogen and oxygen atoms in total. The predicted molar refractivity (Wildman–Crippen MR) is 125 cm³/mol. The molecule has 1 aromatic heterocycles. The average Bonchev–Trinajstić information content (AvgIpc) is 2.77. The predicted octanol–water partition coefficient (Wildman–Crippen LogP) is 1.80. The Morgan fingerprint density at radius 2 is 1.81 bits per heavy atom. The minimum Gasteiger partial charge on any atom is -0.480 e. The molecule has 1 atom stereocenters. The Balaban J connectivity index is 1.95. The number of aliphatic carboxylic acids is 3. The van der Waals surface area contributed by atoms with Crippen molar-refractivity contribution in [3.05, 3.63) is 50.2 Å². The van der Waals surface area contributed by atoms with Crippen LogP contribution in [0.25, 0.3) is 21.4 Å². The van der Waals surface area contributed by atoms with Gasteiger partial charge in [-0.05, 0) is 43.3 Å². The Kier molecular flexibility index (Phi) is 9.95. The van der Waals surface area contributed by atoms with Crippen LogP contribution in [0.2, 0.25) is 0 Å². The van der Waals surface area contributed by atoms with Crippen LogP contribution in [0.1, 0.15) is 30.4 Å². The minimum absolute atomic E-state index is 0.0169. The van der Waals surface area contributed by atoms with Gasteiger partial charge in [-0.15, -0.1) is 0 Å². The van der Waals surface area contributed by atoms with E-state index >= 15 is 0 Å². The lowest BCUT2D eigenvalue weighted by Gasteiger charge is -2.25. The second-order valence-corrected chi connectivity index (χ2v) is 7.93. The van der Waals surface area contributed by atoms with Gasteiger partial charge in [-0.1, -0.05) is 17.2 Å². The molecule has 4 N–H and O–H groups in total. The van der Waals surface area contributed by atoms with Gasteiger partial charge in [0.15, 0.2) is 0 Å². The van der Waals surface area contributed by atoms with Crippen LogP contribution >= 0.6 is 0 Å². The molecule has 0 saturated carbocycles. The Morgan fingerprint density at radius 1 is 1.14 bits per heavy atom. The lowest BCUT2D eigenvalue weighted by Crippen LogP contribution is -2.46. The van der Waals surface area contributed by atoms with Gasteiger partial charge in [0, 0.05) is 22.5 Å². The van der Waals surface area contributed by atoms with E-state index in [4.69, 9.17) is 20.2 Å². The zero-order chi connectivity index (χ0) is 26.8. The fourth-order valence-corrected chi connectivity index (χ4v) is 3.70. The van der Waals surface area contributed by atoms with Gasteiger partial charge in [0.25, 0.3) is 0 Å². The maximum Gasteiger partial charge on any atom is 0.340 e. The number of unbranched alkanes of at least 4 members (excludes halogenated alkanes) is 1. The van der Waals surface area contributed by atoms with Crippen molar-refractivity contribution in [2.75, 3.05) is 19.6 Å². The summed E-state index contributed by atoms with van der Waals surface area (Å²) in [6.45, 7) is 0.360. The van der Waals surface area contributed by atoms with E-state index in [9.17, 15) is 29.1 Å². The molecule has 0 aliphatic carbocycles. The Hall–Kier alpha value is -4.42. The summed E-state index contributed by atoms with van der Waals surface area (Å²) in [7, 11) is 0. The Labute approximate surface area is 203 Å². The van der Waals surface area contributed by atoms with Crippen LogP contribution in [0.15, 0.2) is 32.5 Å². The van der Waals surface area contributed by atoms with E-state index in [0.717, 1.165) is 4.90 Å². The molecule has 0 aliphatic rings. The maximum absolute atomic E-state index is 12.4. The number of hydrogen-bond acceptors (Lipinski definition) is 8. The number of rotatable bonds is 14. The number of carboxylic acids is 3. The van der Waals surface area contributed by atoms with Crippen molar-refractivity contribution < 1.29 is 38.9 Å². The van der Waals surface area contributed by atoms with Crippen molar-refractivity contribution in [3.63, 3.8) is 0 Å². The third-order valence-corrected chi connectivity index (χ3v) is 5.40. The van der Waals surface area contributed by atoms with Crippen LogP contribution in [0.4, 0.5) is 5.69 Å². The first-order valence-electron chi connectivity index (χ1n) is 10.8. The van der Waals surface area contributed by atoms with E-state index in [2.05, 4.69) is 15.3 Å². The molecule has 0 fully saturated rings. The van der Waals surface area contributed by atoms with Crippen molar-refractivity contribution in [2.45, 2.75) is 38.6 Å². The molecular formula is C22H25N5O9. The van der Waals surface area contributed by atoms with Crippen molar-refractivity contribution in [3.8, 4) is 0 Å². The molecule has 0 spiro atoms. The van der Waals surface area contributed by atoms with Gasteiger partial charge >= 0.3 is 23.5 Å². The minimum atomic E-state index is -1.35. The highest BCUT2D eigenvalue weighted by Gasteiger charge is 2.28. The lowest BCUT2D eigenvalue weighted by molar-refractivity contribution is -0.149. The van der Waals surface area contributed by atoms with Crippen LogP contribution in [0.5, 0.6) is 0 Å². The van der Waals surface area contributed by atoms with Crippen LogP contribution in [0, 0.1) is 6.92 Å². The van der Waals surface area contributed by atoms with Gasteiger partial charge in [-0.25, -0.2) is 4.79 Å². The summed E-state index contributed by atoms with van der Waals surface area (Å²) in [6, 6.07) is 3.29. The molecule has 192 valence electrons. The number of carbonyl (C=O) groups is 4. The molecule has 0 radical (unpaired) electrons. The number of fused-ring (bicyclic) bond motifs is 1. The summed E-state index contributed by atoms with van der Waals surface area (Å²) in [5, 5.41) is 33.9. The second kappa shape index (κ2) is 12.9. The van der Waals surface area contributed by atoms with E-state index in [-0.39, 0.29) is 42.6 Å². The van der Waals surface area contributed by atoms with Crippen LogP contribution < -0.4 is 10.9 Å². The number of hydrogen-bond donors (Lipinski definition) is 4. The summed E-state index contributed by atoms with van der Waals surface area (Å²) < 4.78 is 5.27. The number of azide groups is 1. The first-order valence-corrected chi connectivity index (χ1v) is 10.8. The van der Waals surface area contributed by atoms with Crippen molar-refractivity contribution >= 4 is 40.5 Å². The first-order chi connectivity index (χ1) is 17.0. The topological polar surface area (TPSA) is 223 Å². The maximum atomic E-state index is 12.4. The van der Waals surface area contributed by atoms with Gasteiger partial charge in [0.2, 0.25) is 5.91 Å². The zero-order valence-electron chi connectivity index (χ0n) is 19.3. The average molecular weight is 503 g/mol. The molecule has 14 heteroatoms. The van der Waals surface area contributed by atoms with Gasteiger partial charge < -0.3 is 25.1 Å². The van der Waals surface area contributed by atoms with Crippen LogP contribution in [-0.2, 0) is 25.6 Å². The van der Waals surface area contributed by atoms with E-state index in [1.54, 1.807) is 19.1 Å². The molecule has 2 aromatic rings. The lowest BCUT2D eigenvalue weighted by atomic mass is 10.0. The van der Waals surface area contributed by atoms with Crippen molar-refractivity contribution in [1.29, 1.82) is 0 Å². The largest absolute Gasteiger partial charge is 0.480 e. The normalized spacial score (nSPS) is 11.6. The quantitative estimate of drug-likeness (QED) is 0.0961. The van der Waals surface area contributed by atoms with Gasteiger partial charge in [-0.3, -0.25) is 24.1 Å². The van der Waals surface area contributed by atoms with Crippen LogP contribution in [-0.4, -0.2) is 69.7 Å². The smallest absolute Gasteiger partial charge is 0.340 e. The molecular weight excluding hydrogens is 478 g/mol. The third-order valence-electron chi connectivity index (χ3n) is 5.40. The zero-order valence-corrected chi connectivity index (χ0v) is 19.3. The molecule has 1 amide bonds. The summed E-state index contributed by atoms with van der Waals surface area (Å²) in [5.41, 5.74) is 9.05. The number of benzene rings is 1. The van der Waals surface area contributed by atoms with E-state index in [0.29, 0.717) is 17.4 Å². The first kappa shape index (κ1) is 27.8. The summed E-state index contributed by atoms with van der Waals surface area (Å²) in [6.07, 6.45) is 0.358. The van der Waals surface area contributed by atoms with Gasteiger partial charge in [0.05, 0.1) is 25.1 Å². The van der Waals surface area contributed by atoms with Crippen molar-refractivity contribution in [1.82, 2.24) is 10.2 Å². The molecule has 1 aromatic carbocycles. The van der Waals surface area contributed by atoms with Crippen LogP contribution in [0.3, 0.4) is 0 Å². The van der Waals surface area contributed by atoms with E-state index in [1.807, 2.05) is 0 Å². The fraction of sp³-hybridized carbons (Fsp3) is 0.409.